The summed E-state index contributed by atoms with van der Waals surface area (Å²) >= 11 is 0. The second-order valence-electron chi connectivity index (χ2n) is 5.87. The number of para-hydroxylation sites is 1. The van der Waals surface area contributed by atoms with E-state index >= 15 is 0 Å². The molecule has 3 amide bonds. The lowest BCUT2D eigenvalue weighted by molar-refractivity contribution is -0.126. The van der Waals surface area contributed by atoms with Gasteiger partial charge in [0.25, 0.3) is 5.91 Å². The summed E-state index contributed by atoms with van der Waals surface area (Å²) in [6.07, 6.45) is 1.46. The Kier molecular flexibility index (Phi) is 3.35. The lowest BCUT2D eigenvalue weighted by Crippen LogP contribution is -2.48. The number of urea groups is 1. The van der Waals surface area contributed by atoms with Crippen LogP contribution in [0.25, 0.3) is 0 Å². The van der Waals surface area contributed by atoms with Gasteiger partial charge in [-0.3, -0.25) is 10.1 Å². The first kappa shape index (κ1) is 13.9. The smallest absolute Gasteiger partial charge is 0.325 e. The summed E-state index contributed by atoms with van der Waals surface area (Å²) in [4.78, 5) is 25.8. The maximum atomic E-state index is 12.1. The predicted octanol–water partition coefficient (Wildman–Crippen LogP) is 2.27. The molecular weight excluding hydrogens is 268 g/mol. The molecule has 2 atom stereocenters. The molecule has 5 heteroatoms. The lowest BCUT2D eigenvalue weighted by Gasteiger charge is -2.35. The highest BCUT2D eigenvalue weighted by molar-refractivity contribution is 6.06. The molecule has 0 radical (unpaired) electrons. The second-order valence-corrected chi connectivity index (χ2v) is 5.87. The van der Waals surface area contributed by atoms with Crippen molar-refractivity contribution in [3.05, 3.63) is 29.8 Å². The van der Waals surface area contributed by atoms with E-state index in [4.69, 9.17) is 4.74 Å². The molecule has 1 saturated heterocycles. The van der Waals surface area contributed by atoms with Crippen LogP contribution in [0.2, 0.25) is 0 Å². The molecule has 0 saturated carbocycles. The van der Waals surface area contributed by atoms with Crippen LogP contribution in [-0.4, -0.2) is 35.5 Å². The summed E-state index contributed by atoms with van der Waals surface area (Å²) in [5.74, 6) is 0.894. The van der Waals surface area contributed by atoms with E-state index in [1.54, 1.807) is 4.90 Å². The zero-order valence-electron chi connectivity index (χ0n) is 12.4. The summed E-state index contributed by atoms with van der Waals surface area (Å²) in [5, 5.41) is 2.44. The van der Waals surface area contributed by atoms with Crippen molar-refractivity contribution in [2.45, 2.75) is 38.1 Å². The molecule has 1 aromatic rings. The van der Waals surface area contributed by atoms with E-state index in [0.717, 1.165) is 17.7 Å². The maximum absolute atomic E-state index is 12.1. The minimum atomic E-state index is -0.746. The number of carbonyl (C=O) groups excluding carboxylic acids is 2. The van der Waals surface area contributed by atoms with E-state index in [2.05, 4.69) is 5.32 Å². The predicted molar refractivity (Wildman–Crippen MR) is 78.2 cm³/mol. The van der Waals surface area contributed by atoms with Crippen LogP contribution in [0.3, 0.4) is 0 Å². The van der Waals surface area contributed by atoms with Crippen LogP contribution in [0, 0.1) is 0 Å². The molecule has 1 fully saturated rings. The number of carbonyl (C=O) groups is 2. The van der Waals surface area contributed by atoms with Crippen LogP contribution in [-0.2, 0) is 4.79 Å². The summed E-state index contributed by atoms with van der Waals surface area (Å²) in [6.45, 7) is 4.96. The van der Waals surface area contributed by atoms with Gasteiger partial charge in [-0.25, -0.2) is 4.79 Å². The van der Waals surface area contributed by atoms with Crippen molar-refractivity contribution in [2.75, 3.05) is 13.2 Å². The molecular formula is C16H20N2O3. The van der Waals surface area contributed by atoms with Crippen LogP contribution in [0.4, 0.5) is 4.79 Å². The standard InChI is InChI=1S/C16H20N2O3/c1-3-16(2)14(19)17-15(20)18(16)10-11-8-9-21-13-7-5-4-6-12(11)13/h4-7,11H,3,8-10H2,1-2H3,(H,17,19,20). The number of ether oxygens (including phenoxy) is 1. The van der Waals surface area contributed by atoms with Crippen LogP contribution < -0.4 is 10.1 Å². The molecule has 2 unspecified atom stereocenters. The van der Waals surface area contributed by atoms with E-state index in [1.807, 2.05) is 38.1 Å². The molecule has 1 N–H and O–H groups in total. The van der Waals surface area contributed by atoms with E-state index in [1.165, 1.54) is 0 Å². The normalized spacial score (nSPS) is 28.1. The molecule has 0 aliphatic carbocycles. The van der Waals surface area contributed by atoms with Gasteiger partial charge in [-0.1, -0.05) is 25.1 Å². The largest absolute Gasteiger partial charge is 0.493 e. The Morgan fingerprint density at radius 1 is 1.38 bits per heavy atom. The number of benzene rings is 1. The van der Waals surface area contributed by atoms with Gasteiger partial charge >= 0.3 is 6.03 Å². The molecule has 112 valence electrons. The van der Waals surface area contributed by atoms with Crippen molar-refractivity contribution in [1.82, 2.24) is 10.2 Å². The molecule has 3 rings (SSSR count). The Balaban J connectivity index is 1.87. The van der Waals surface area contributed by atoms with Crippen molar-refractivity contribution in [2.24, 2.45) is 0 Å². The average Bonchev–Trinajstić information content (AvgIpc) is 2.71. The first-order valence-electron chi connectivity index (χ1n) is 7.41. The van der Waals surface area contributed by atoms with Gasteiger partial charge in [0, 0.05) is 12.5 Å². The maximum Gasteiger partial charge on any atom is 0.325 e. The van der Waals surface area contributed by atoms with Crippen LogP contribution in [0.5, 0.6) is 5.75 Å². The molecule has 0 spiro atoms. The van der Waals surface area contributed by atoms with Gasteiger partial charge < -0.3 is 9.64 Å². The Morgan fingerprint density at radius 2 is 2.14 bits per heavy atom. The molecule has 0 bridgehead atoms. The average molecular weight is 288 g/mol. The van der Waals surface area contributed by atoms with Gasteiger partial charge in [-0.2, -0.15) is 0 Å². The van der Waals surface area contributed by atoms with E-state index in [9.17, 15) is 9.59 Å². The third-order valence-corrected chi connectivity index (χ3v) is 4.72. The number of amides is 3. The van der Waals surface area contributed by atoms with Gasteiger partial charge in [0.15, 0.2) is 0 Å². The Labute approximate surface area is 124 Å². The minimum Gasteiger partial charge on any atom is -0.493 e. The van der Waals surface area contributed by atoms with Crippen molar-refractivity contribution in [3.8, 4) is 5.75 Å². The number of nitrogens with one attached hydrogen (secondary N) is 1. The van der Waals surface area contributed by atoms with Crippen molar-refractivity contribution in [3.63, 3.8) is 0 Å². The van der Waals surface area contributed by atoms with Gasteiger partial charge in [-0.15, -0.1) is 0 Å². The van der Waals surface area contributed by atoms with E-state index in [-0.39, 0.29) is 17.9 Å². The fourth-order valence-corrected chi connectivity index (χ4v) is 3.11. The lowest BCUT2D eigenvalue weighted by atomic mass is 9.90. The highest BCUT2D eigenvalue weighted by Crippen LogP contribution is 2.36. The first-order valence-corrected chi connectivity index (χ1v) is 7.41. The van der Waals surface area contributed by atoms with Gasteiger partial charge in [0.2, 0.25) is 0 Å². The Bertz CT molecular complexity index is 587. The van der Waals surface area contributed by atoms with Crippen molar-refractivity contribution < 1.29 is 14.3 Å². The third kappa shape index (κ3) is 2.17. The topological polar surface area (TPSA) is 58.6 Å². The van der Waals surface area contributed by atoms with E-state index < -0.39 is 5.54 Å². The molecule has 2 aliphatic heterocycles. The van der Waals surface area contributed by atoms with Crippen LogP contribution in [0.15, 0.2) is 24.3 Å². The monoisotopic (exact) mass is 288 g/mol. The number of hydrogen-bond donors (Lipinski definition) is 1. The summed E-state index contributed by atoms with van der Waals surface area (Å²) in [5.41, 5.74) is 0.374. The van der Waals surface area contributed by atoms with Gasteiger partial charge in [-0.05, 0) is 31.4 Å². The van der Waals surface area contributed by atoms with Crippen molar-refractivity contribution in [1.29, 1.82) is 0 Å². The fourth-order valence-electron chi connectivity index (χ4n) is 3.11. The van der Waals surface area contributed by atoms with Crippen LogP contribution >= 0.6 is 0 Å². The zero-order valence-corrected chi connectivity index (χ0v) is 12.4. The number of rotatable bonds is 3. The minimum absolute atomic E-state index is 0.199. The summed E-state index contributed by atoms with van der Waals surface area (Å²) < 4.78 is 5.66. The quantitative estimate of drug-likeness (QED) is 0.868. The Morgan fingerprint density at radius 3 is 2.90 bits per heavy atom. The van der Waals surface area contributed by atoms with Crippen molar-refractivity contribution >= 4 is 11.9 Å². The fraction of sp³-hybridized carbons (Fsp3) is 0.500. The molecule has 0 aromatic heterocycles. The summed E-state index contributed by atoms with van der Waals surface area (Å²) in [6, 6.07) is 7.64. The molecule has 2 aliphatic rings. The zero-order chi connectivity index (χ0) is 15.0. The van der Waals surface area contributed by atoms with Gasteiger partial charge in [0.05, 0.1) is 6.61 Å². The molecule has 2 heterocycles. The molecule has 1 aromatic carbocycles. The highest BCUT2D eigenvalue weighted by atomic mass is 16.5. The number of hydrogen-bond acceptors (Lipinski definition) is 3. The molecule has 21 heavy (non-hydrogen) atoms. The summed E-state index contributed by atoms with van der Waals surface area (Å²) in [7, 11) is 0. The second kappa shape index (κ2) is 5.06. The number of imide groups is 1. The Hall–Kier alpha value is -2.04. The van der Waals surface area contributed by atoms with Crippen LogP contribution in [0.1, 0.15) is 38.2 Å². The molecule has 5 nitrogen and oxygen atoms in total. The third-order valence-electron chi connectivity index (χ3n) is 4.72. The number of fused-ring (bicyclic) bond motifs is 1. The number of nitrogens with zero attached hydrogens (tertiary/aromatic N) is 1. The van der Waals surface area contributed by atoms with E-state index in [0.29, 0.717) is 19.6 Å². The van der Waals surface area contributed by atoms with Gasteiger partial charge in [0.1, 0.15) is 11.3 Å². The highest BCUT2D eigenvalue weighted by Gasteiger charge is 2.48. The SMILES string of the molecule is CCC1(C)C(=O)NC(=O)N1CC1CCOc2ccccc21. The first-order chi connectivity index (χ1) is 10.1.